The third-order valence-corrected chi connectivity index (χ3v) is 4.55. The molecule has 0 bridgehead atoms. The molecular weight excluding hydrogens is 348 g/mol. The first-order chi connectivity index (χ1) is 13.1. The second kappa shape index (κ2) is 8.66. The van der Waals surface area contributed by atoms with E-state index in [1.807, 2.05) is 31.2 Å². The van der Waals surface area contributed by atoms with Gasteiger partial charge in [0.2, 0.25) is 17.6 Å². The number of hydrogen-bond acceptors (Lipinski definition) is 6. The molecule has 1 aromatic heterocycles. The SMILES string of the molecule is CCOC(=O)N1CCC(NC(=O)Cc2nc(-c3ccccc3C)no2)CC1. The Bertz CT molecular complexity index is 797. The lowest BCUT2D eigenvalue weighted by Gasteiger charge is -2.31. The predicted octanol–water partition coefficient (Wildman–Crippen LogP) is 2.32. The van der Waals surface area contributed by atoms with Crippen LogP contribution in [0, 0.1) is 6.92 Å². The molecular formula is C19H24N4O4. The quantitative estimate of drug-likeness (QED) is 0.865. The fourth-order valence-electron chi connectivity index (χ4n) is 3.10. The topological polar surface area (TPSA) is 97.6 Å². The van der Waals surface area contributed by atoms with Gasteiger partial charge in [0.1, 0.15) is 6.42 Å². The Hall–Kier alpha value is -2.90. The molecule has 0 atom stereocenters. The van der Waals surface area contributed by atoms with E-state index in [1.54, 1.807) is 11.8 Å². The van der Waals surface area contributed by atoms with E-state index in [1.165, 1.54) is 0 Å². The number of likely N-dealkylation sites (tertiary alicyclic amines) is 1. The molecule has 144 valence electrons. The smallest absolute Gasteiger partial charge is 0.409 e. The minimum Gasteiger partial charge on any atom is -0.450 e. The van der Waals surface area contributed by atoms with Crippen LogP contribution in [-0.4, -0.2) is 52.8 Å². The van der Waals surface area contributed by atoms with Crippen LogP contribution in [0.15, 0.2) is 28.8 Å². The van der Waals surface area contributed by atoms with E-state index in [4.69, 9.17) is 9.26 Å². The molecule has 2 amide bonds. The Morgan fingerprint density at radius 1 is 1.30 bits per heavy atom. The maximum atomic E-state index is 12.3. The van der Waals surface area contributed by atoms with Gasteiger partial charge in [-0.1, -0.05) is 29.4 Å². The van der Waals surface area contributed by atoms with Gasteiger partial charge in [-0.05, 0) is 32.3 Å². The lowest BCUT2D eigenvalue weighted by Crippen LogP contribution is -2.47. The number of hydrogen-bond donors (Lipinski definition) is 1. The van der Waals surface area contributed by atoms with Gasteiger partial charge in [-0.15, -0.1) is 0 Å². The van der Waals surface area contributed by atoms with Crippen molar-refractivity contribution in [3.05, 3.63) is 35.7 Å². The van der Waals surface area contributed by atoms with Crippen molar-refractivity contribution >= 4 is 12.0 Å². The molecule has 27 heavy (non-hydrogen) atoms. The van der Waals surface area contributed by atoms with Crippen molar-refractivity contribution in [2.45, 2.75) is 39.2 Å². The molecule has 2 heterocycles. The summed E-state index contributed by atoms with van der Waals surface area (Å²) in [5.74, 6) is 0.609. The molecule has 0 spiro atoms. The van der Waals surface area contributed by atoms with Crippen LogP contribution in [0.3, 0.4) is 0 Å². The number of carbonyl (C=O) groups is 2. The van der Waals surface area contributed by atoms with Crippen LogP contribution >= 0.6 is 0 Å². The maximum Gasteiger partial charge on any atom is 0.409 e. The van der Waals surface area contributed by atoms with Crippen molar-refractivity contribution in [3.63, 3.8) is 0 Å². The summed E-state index contributed by atoms with van der Waals surface area (Å²) in [5, 5.41) is 6.94. The van der Waals surface area contributed by atoms with Crippen molar-refractivity contribution < 1.29 is 18.8 Å². The molecule has 0 unspecified atom stereocenters. The molecule has 0 saturated carbocycles. The van der Waals surface area contributed by atoms with Crippen LogP contribution in [0.5, 0.6) is 0 Å². The van der Waals surface area contributed by atoms with Gasteiger partial charge in [-0.2, -0.15) is 4.98 Å². The minimum atomic E-state index is -0.295. The highest BCUT2D eigenvalue weighted by Gasteiger charge is 2.25. The number of aryl methyl sites for hydroxylation is 1. The largest absolute Gasteiger partial charge is 0.450 e. The molecule has 1 aromatic carbocycles. The molecule has 1 fully saturated rings. The molecule has 0 radical (unpaired) electrons. The van der Waals surface area contributed by atoms with Gasteiger partial charge in [-0.25, -0.2) is 4.79 Å². The molecule has 2 aromatic rings. The van der Waals surface area contributed by atoms with Gasteiger partial charge >= 0.3 is 6.09 Å². The number of ether oxygens (including phenoxy) is 1. The maximum absolute atomic E-state index is 12.3. The highest BCUT2D eigenvalue weighted by Crippen LogP contribution is 2.20. The first-order valence-electron chi connectivity index (χ1n) is 9.16. The fraction of sp³-hybridized carbons (Fsp3) is 0.474. The van der Waals surface area contributed by atoms with Gasteiger partial charge in [0, 0.05) is 24.7 Å². The average molecular weight is 372 g/mol. The average Bonchev–Trinajstić information content (AvgIpc) is 3.11. The van der Waals surface area contributed by atoms with E-state index in [9.17, 15) is 9.59 Å². The second-order valence-electron chi connectivity index (χ2n) is 6.53. The number of amides is 2. The van der Waals surface area contributed by atoms with E-state index in [0.29, 0.717) is 38.4 Å². The summed E-state index contributed by atoms with van der Waals surface area (Å²) in [5.41, 5.74) is 1.93. The van der Waals surface area contributed by atoms with E-state index >= 15 is 0 Å². The number of nitrogens with one attached hydrogen (secondary N) is 1. The van der Waals surface area contributed by atoms with Gasteiger partial charge in [0.25, 0.3) is 0 Å². The number of rotatable bonds is 5. The standard InChI is InChI=1S/C19H24N4O4/c1-3-26-19(25)23-10-8-14(9-11-23)20-16(24)12-17-21-18(22-27-17)15-7-5-4-6-13(15)2/h4-7,14H,3,8-12H2,1-2H3,(H,20,24). The van der Waals surface area contributed by atoms with Crippen molar-refractivity contribution in [1.29, 1.82) is 0 Å². The van der Waals surface area contributed by atoms with E-state index in [2.05, 4.69) is 15.5 Å². The first-order valence-corrected chi connectivity index (χ1v) is 9.16. The predicted molar refractivity (Wildman–Crippen MR) is 97.9 cm³/mol. The highest BCUT2D eigenvalue weighted by atomic mass is 16.6. The number of benzene rings is 1. The highest BCUT2D eigenvalue weighted by molar-refractivity contribution is 5.78. The van der Waals surface area contributed by atoms with Crippen molar-refractivity contribution in [2.24, 2.45) is 0 Å². The zero-order valence-electron chi connectivity index (χ0n) is 15.6. The zero-order chi connectivity index (χ0) is 19.2. The van der Waals surface area contributed by atoms with Crippen LogP contribution in [0.1, 0.15) is 31.2 Å². The monoisotopic (exact) mass is 372 g/mol. The van der Waals surface area contributed by atoms with Gasteiger partial charge < -0.3 is 19.5 Å². The summed E-state index contributed by atoms with van der Waals surface area (Å²) in [6.45, 7) is 5.27. The molecule has 1 N–H and O–H groups in total. The molecule has 0 aliphatic carbocycles. The normalized spacial score (nSPS) is 14.8. The summed E-state index contributed by atoms with van der Waals surface area (Å²) in [7, 11) is 0. The van der Waals surface area contributed by atoms with E-state index < -0.39 is 0 Å². The van der Waals surface area contributed by atoms with Crippen molar-refractivity contribution in [1.82, 2.24) is 20.4 Å². The first kappa shape index (κ1) is 18.9. The molecule has 8 nitrogen and oxygen atoms in total. The number of nitrogens with zero attached hydrogens (tertiary/aromatic N) is 3. The van der Waals surface area contributed by atoms with E-state index in [0.717, 1.165) is 11.1 Å². The summed E-state index contributed by atoms with van der Waals surface area (Å²) >= 11 is 0. The summed E-state index contributed by atoms with van der Waals surface area (Å²) in [6, 6.07) is 7.78. The van der Waals surface area contributed by atoms with Gasteiger partial charge in [-0.3, -0.25) is 4.79 Å². The summed E-state index contributed by atoms with van der Waals surface area (Å²) < 4.78 is 10.2. The van der Waals surface area contributed by atoms with Crippen LogP contribution < -0.4 is 5.32 Å². The second-order valence-corrected chi connectivity index (χ2v) is 6.53. The minimum absolute atomic E-state index is 0.0296. The third-order valence-electron chi connectivity index (χ3n) is 4.55. The zero-order valence-corrected chi connectivity index (χ0v) is 15.6. The Morgan fingerprint density at radius 2 is 2.04 bits per heavy atom. The third kappa shape index (κ3) is 4.84. The number of piperidine rings is 1. The molecule has 1 aliphatic rings. The fourth-order valence-corrected chi connectivity index (χ4v) is 3.10. The van der Waals surface area contributed by atoms with Gasteiger partial charge in [0.05, 0.1) is 6.61 Å². The Kier molecular flexibility index (Phi) is 6.05. The summed E-state index contributed by atoms with van der Waals surface area (Å²) in [4.78, 5) is 30.0. The van der Waals surface area contributed by atoms with Crippen LogP contribution in [0.2, 0.25) is 0 Å². The Morgan fingerprint density at radius 3 is 2.74 bits per heavy atom. The van der Waals surface area contributed by atoms with Crippen LogP contribution in [-0.2, 0) is 16.0 Å². The Labute approximate surface area is 157 Å². The van der Waals surface area contributed by atoms with Crippen molar-refractivity contribution in [2.75, 3.05) is 19.7 Å². The molecule has 8 heteroatoms. The molecule has 1 saturated heterocycles. The summed E-state index contributed by atoms with van der Waals surface area (Å²) in [6.07, 6.45) is 1.14. The van der Waals surface area contributed by atoms with Gasteiger partial charge in [0.15, 0.2) is 0 Å². The lowest BCUT2D eigenvalue weighted by molar-refractivity contribution is -0.121. The Balaban J connectivity index is 1.49. The number of carbonyl (C=O) groups excluding carboxylic acids is 2. The van der Waals surface area contributed by atoms with Crippen LogP contribution in [0.4, 0.5) is 4.79 Å². The lowest BCUT2D eigenvalue weighted by atomic mass is 10.1. The number of aromatic nitrogens is 2. The van der Waals surface area contributed by atoms with E-state index in [-0.39, 0.29) is 30.4 Å². The van der Waals surface area contributed by atoms with Crippen molar-refractivity contribution in [3.8, 4) is 11.4 Å². The molecule has 3 rings (SSSR count). The molecule has 1 aliphatic heterocycles. The van der Waals surface area contributed by atoms with Crippen LogP contribution in [0.25, 0.3) is 11.4 Å².